The first kappa shape index (κ1) is 15.8. The van der Waals surface area contributed by atoms with Gasteiger partial charge in [-0.05, 0) is 17.7 Å². The number of hydrogen-bond acceptors (Lipinski definition) is 4. The van der Waals surface area contributed by atoms with Crippen molar-refractivity contribution in [2.24, 2.45) is 0 Å². The van der Waals surface area contributed by atoms with Crippen molar-refractivity contribution in [3.8, 4) is 0 Å². The summed E-state index contributed by atoms with van der Waals surface area (Å²) in [6.07, 6.45) is 1.64. The number of benzene rings is 1. The molecule has 3 rings (SSSR count). The van der Waals surface area contributed by atoms with E-state index in [4.69, 9.17) is 4.42 Å². The Bertz CT molecular complexity index is 590. The Morgan fingerprint density at radius 1 is 1.04 bits per heavy atom. The van der Waals surface area contributed by atoms with Crippen LogP contribution in [0.5, 0.6) is 0 Å². The topological polar surface area (TPSA) is 48.7 Å². The standard InChI is InChI=1S/C18H23N3O2/c22-18(14-19-13-17-7-4-12-23-17)21-10-8-20(9-11-21)15-16-5-2-1-3-6-16/h1-7,12,19H,8-11,13-15H2. The Kier molecular flexibility index (Phi) is 5.45. The molecule has 1 aliphatic rings. The van der Waals surface area contributed by atoms with E-state index in [1.807, 2.05) is 23.1 Å². The van der Waals surface area contributed by atoms with Gasteiger partial charge in [0.2, 0.25) is 5.91 Å². The van der Waals surface area contributed by atoms with Gasteiger partial charge in [-0.3, -0.25) is 9.69 Å². The number of amides is 1. The van der Waals surface area contributed by atoms with Crippen LogP contribution >= 0.6 is 0 Å². The molecule has 5 nitrogen and oxygen atoms in total. The number of carbonyl (C=O) groups is 1. The van der Waals surface area contributed by atoms with Crippen LogP contribution in [0.15, 0.2) is 53.1 Å². The first-order valence-electron chi connectivity index (χ1n) is 8.08. The van der Waals surface area contributed by atoms with E-state index in [1.54, 1.807) is 6.26 Å². The summed E-state index contributed by atoms with van der Waals surface area (Å²) in [7, 11) is 0. The summed E-state index contributed by atoms with van der Waals surface area (Å²) >= 11 is 0. The van der Waals surface area contributed by atoms with Gasteiger partial charge in [-0.2, -0.15) is 0 Å². The minimum Gasteiger partial charge on any atom is -0.468 e. The van der Waals surface area contributed by atoms with Gasteiger partial charge in [0, 0.05) is 32.7 Å². The molecule has 2 aromatic rings. The highest BCUT2D eigenvalue weighted by Crippen LogP contribution is 2.08. The lowest BCUT2D eigenvalue weighted by Gasteiger charge is -2.34. The Labute approximate surface area is 136 Å². The summed E-state index contributed by atoms with van der Waals surface area (Å²) in [5.41, 5.74) is 1.33. The van der Waals surface area contributed by atoms with E-state index in [9.17, 15) is 4.79 Å². The molecule has 122 valence electrons. The minimum atomic E-state index is 0.163. The van der Waals surface area contributed by atoms with Crippen LogP contribution in [0.3, 0.4) is 0 Å². The van der Waals surface area contributed by atoms with Gasteiger partial charge >= 0.3 is 0 Å². The van der Waals surface area contributed by atoms with Gasteiger partial charge in [0.25, 0.3) is 0 Å². The molecule has 1 aromatic carbocycles. The number of furan rings is 1. The largest absolute Gasteiger partial charge is 0.468 e. The van der Waals surface area contributed by atoms with Crippen LogP contribution in [0, 0.1) is 0 Å². The summed E-state index contributed by atoms with van der Waals surface area (Å²) in [6, 6.07) is 14.2. The maximum atomic E-state index is 12.2. The van der Waals surface area contributed by atoms with E-state index in [1.165, 1.54) is 5.56 Å². The summed E-state index contributed by atoms with van der Waals surface area (Å²) in [5, 5.41) is 3.14. The highest BCUT2D eigenvalue weighted by atomic mass is 16.3. The van der Waals surface area contributed by atoms with Crippen LogP contribution in [0.1, 0.15) is 11.3 Å². The van der Waals surface area contributed by atoms with Gasteiger partial charge in [0.1, 0.15) is 5.76 Å². The highest BCUT2D eigenvalue weighted by molar-refractivity contribution is 5.78. The average molecular weight is 313 g/mol. The van der Waals surface area contributed by atoms with Gasteiger partial charge in [-0.15, -0.1) is 0 Å². The molecule has 1 saturated heterocycles. The molecule has 0 atom stereocenters. The van der Waals surface area contributed by atoms with Gasteiger partial charge in [-0.1, -0.05) is 30.3 Å². The molecule has 0 aliphatic carbocycles. The third-order valence-electron chi connectivity index (χ3n) is 4.13. The third kappa shape index (κ3) is 4.68. The molecule has 0 spiro atoms. The Morgan fingerprint density at radius 3 is 2.52 bits per heavy atom. The van der Waals surface area contributed by atoms with Crippen LogP contribution < -0.4 is 5.32 Å². The zero-order valence-corrected chi connectivity index (χ0v) is 13.3. The second kappa shape index (κ2) is 7.94. The van der Waals surface area contributed by atoms with E-state index >= 15 is 0 Å². The minimum absolute atomic E-state index is 0.163. The number of rotatable bonds is 6. The van der Waals surface area contributed by atoms with Crippen molar-refractivity contribution in [1.82, 2.24) is 15.1 Å². The second-order valence-corrected chi connectivity index (χ2v) is 5.83. The van der Waals surface area contributed by atoms with Gasteiger partial charge in [0.15, 0.2) is 0 Å². The SMILES string of the molecule is O=C(CNCc1ccco1)N1CCN(Cc2ccccc2)CC1. The van der Waals surface area contributed by atoms with Gasteiger partial charge in [0.05, 0.1) is 19.4 Å². The van der Waals surface area contributed by atoms with Crippen LogP contribution in [0.2, 0.25) is 0 Å². The van der Waals surface area contributed by atoms with Gasteiger partial charge < -0.3 is 14.6 Å². The summed E-state index contributed by atoms with van der Waals surface area (Å²) in [5.74, 6) is 1.02. The molecule has 1 aromatic heterocycles. The van der Waals surface area contributed by atoms with Crippen LogP contribution in [0.4, 0.5) is 0 Å². The molecule has 1 N–H and O–H groups in total. The summed E-state index contributed by atoms with van der Waals surface area (Å²) < 4.78 is 5.24. The summed E-state index contributed by atoms with van der Waals surface area (Å²) in [6.45, 7) is 5.37. The maximum Gasteiger partial charge on any atom is 0.236 e. The molecule has 1 amide bonds. The van der Waals surface area contributed by atoms with Crippen molar-refractivity contribution in [3.05, 3.63) is 60.1 Å². The van der Waals surface area contributed by atoms with E-state index in [0.717, 1.165) is 38.5 Å². The van der Waals surface area contributed by atoms with E-state index in [0.29, 0.717) is 13.1 Å². The number of piperazine rings is 1. The van der Waals surface area contributed by atoms with Crippen molar-refractivity contribution < 1.29 is 9.21 Å². The third-order valence-corrected chi connectivity index (χ3v) is 4.13. The van der Waals surface area contributed by atoms with Crippen molar-refractivity contribution >= 4 is 5.91 Å². The maximum absolute atomic E-state index is 12.2. The normalized spacial score (nSPS) is 15.7. The predicted molar refractivity (Wildman–Crippen MR) is 88.7 cm³/mol. The first-order valence-corrected chi connectivity index (χ1v) is 8.08. The zero-order chi connectivity index (χ0) is 15.9. The molecule has 23 heavy (non-hydrogen) atoms. The molecule has 1 fully saturated rings. The Morgan fingerprint density at radius 2 is 1.83 bits per heavy atom. The molecule has 2 heterocycles. The predicted octanol–water partition coefficient (Wildman–Crippen LogP) is 1.71. The molecular weight excluding hydrogens is 290 g/mol. The highest BCUT2D eigenvalue weighted by Gasteiger charge is 2.20. The fourth-order valence-corrected chi connectivity index (χ4v) is 2.81. The van der Waals surface area contributed by atoms with Crippen LogP contribution in [0.25, 0.3) is 0 Å². The smallest absolute Gasteiger partial charge is 0.236 e. The lowest BCUT2D eigenvalue weighted by molar-refractivity contribution is -0.132. The van der Waals surface area contributed by atoms with E-state index < -0.39 is 0 Å². The lowest BCUT2D eigenvalue weighted by Crippen LogP contribution is -2.50. The fraction of sp³-hybridized carbons (Fsp3) is 0.389. The zero-order valence-electron chi connectivity index (χ0n) is 13.3. The second-order valence-electron chi connectivity index (χ2n) is 5.83. The first-order chi connectivity index (χ1) is 11.3. The molecule has 0 unspecified atom stereocenters. The van der Waals surface area contributed by atoms with Crippen LogP contribution in [-0.2, 0) is 17.9 Å². The lowest BCUT2D eigenvalue weighted by atomic mass is 10.2. The summed E-state index contributed by atoms with van der Waals surface area (Å²) in [4.78, 5) is 16.5. The van der Waals surface area contributed by atoms with Crippen LogP contribution in [-0.4, -0.2) is 48.4 Å². The number of carbonyl (C=O) groups excluding carboxylic acids is 1. The Balaban J connectivity index is 1.37. The van der Waals surface area contributed by atoms with Crippen molar-refractivity contribution in [3.63, 3.8) is 0 Å². The number of hydrogen-bond donors (Lipinski definition) is 1. The number of nitrogens with zero attached hydrogens (tertiary/aromatic N) is 2. The molecule has 1 aliphatic heterocycles. The number of nitrogens with one attached hydrogen (secondary N) is 1. The average Bonchev–Trinajstić information content (AvgIpc) is 3.10. The van der Waals surface area contributed by atoms with E-state index in [2.05, 4.69) is 34.5 Å². The van der Waals surface area contributed by atoms with Crippen molar-refractivity contribution in [2.45, 2.75) is 13.1 Å². The molecular formula is C18H23N3O2. The molecule has 0 radical (unpaired) electrons. The van der Waals surface area contributed by atoms with Crippen molar-refractivity contribution in [1.29, 1.82) is 0 Å². The quantitative estimate of drug-likeness (QED) is 0.882. The molecule has 0 saturated carbocycles. The molecule has 5 heteroatoms. The Hall–Kier alpha value is -2.11. The molecule has 0 bridgehead atoms. The van der Waals surface area contributed by atoms with E-state index in [-0.39, 0.29) is 5.91 Å². The van der Waals surface area contributed by atoms with Gasteiger partial charge in [-0.25, -0.2) is 0 Å². The monoisotopic (exact) mass is 313 g/mol. The van der Waals surface area contributed by atoms with Crippen molar-refractivity contribution in [2.75, 3.05) is 32.7 Å². The fourth-order valence-electron chi connectivity index (χ4n) is 2.81.